The Morgan fingerprint density at radius 2 is 1.94 bits per heavy atom. The van der Waals surface area contributed by atoms with Crippen molar-refractivity contribution in [2.45, 2.75) is 30.6 Å². The average molecular weight is 377 g/mol. The molecular formula is C12H16AsNS4. The molecule has 0 radical (unpaired) electrons. The molecule has 6 heteroatoms. The van der Waals surface area contributed by atoms with Crippen molar-refractivity contribution >= 4 is 57.8 Å². The molecule has 1 aliphatic heterocycles. The Morgan fingerprint density at radius 1 is 1.28 bits per heavy atom. The predicted octanol–water partition coefficient (Wildman–Crippen LogP) is 4.54. The Kier molecular flexibility index (Phi) is 5.83. The summed E-state index contributed by atoms with van der Waals surface area (Å²) in [7, 11) is 6.10. The Morgan fingerprint density at radius 3 is 2.61 bits per heavy atom. The standard InChI is InChI=1S/C12H16AsNS4/c1-4-14(5-2)12(15)18-13-16-10-7-6-9(3)8-11(10)17-13/h6-8H,4-5H2,1-3H3. The topological polar surface area (TPSA) is 3.24 Å². The number of thiocarbonyl (C=S) groups is 1. The molecule has 2 rings (SSSR count). The summed E-state index contributed by atoms with van der Waals surface area (Å²) in [5.74, 6) is 0. The van der Waals surface area contributed by atoms with Crippen molar-refractivity contribution in [3.05, 3.63) is 23.8 Å². The summed E-state index contributed by atoms with van der Waals surface area (Å²) < 4.78 is 1.09. The number of aryl methyl sites for hydroxylation is 1. The number of hydrogen-bond acceptors (Lipinski definition) is 4. The summed E-state index contributed by atoms with van der Waals surface area (Å²) in [6.45, 7) is 8.55. The first-order valence-electron chi connectivity index (χ1n) is 5.87. The third-order valence-corrected chi connectivity index (χ3v) is 19.4. The van der Waals surface area contributed by atoms with Crippen LogP contribution in [0.2, 0.25) is 0 Å². The maximum absolute atomic E-state index is 5.55. The molecule has 1 aromatic carbocycles. The molecule has 0 spiro atoms. The van der Waals surface area contributed by atoms with Gasteiger partial charge in [-0.25, -0.2) is 0 Å². The normalized spacial score (nSPS) is 17.6. The van der Waals surface area contributed by atoms with Crippen molar-refractivity contribution < 1.29 is 0 Å². The molecule has 1 heterocycles. The van der Waals surface area contributed by atoms with Gasteiger partial charge >= 0.3 is 130 Å². The summed E-state index contributed by atoms with van der Waals surface area (Å²) in [6, 6.07) is 6.78. The summed E-state index contributed by atoms with van der Waals surface area (Å²) in [5.41, 5.74) is 1.36. The first-order chi connectivity index (χ1) is 8.63. The van der Waals surface area contributed by atoms with Crippen LogP contribution in [0, 0.1) is 6.92 Å². The van der Waals surface area contributed by atoms with Crippen LogP contribution in [0.25, 0.3) is 0 Å². The first-order valence-corrected chi connectivity index (χ1v) is 15.5. The van der Waals surface area contributed by atoms with E-state index in [1.54, 1.807) is 0 Å². The van der Waals surface area contributed by atoms with Gasteiger partial charge in [0, 0.05) is 0 Å². The van der Waals surface area contributed by atoms with Crippen molar-refractivity contribution in [1.82, 2.24) is 4.90 Å². The van der Waals surface area contributed by atoms with E-state index >= 15 is 0 Å². The van der Waals surface area contributed by atoms with Crippen LogP contribution in [0.3, 0.4) is 0 Å². The SMILES string of the molecule is CCN(CC)C(=S)S[As]1Sc2ccc(C)cc2S1. The minimum absolute atomic E-state index is 1.02. The van der Waals surface area contributed by atoms with Crippen LogP contribution in [0.4, 0.5) is 0 Å². The fourth-order valence-corrected chi connectivity index (χ4v) is 22.3. The van der Waals surface area contributed by atoms with Gasteiger partial charge in [0.05, 0.1) is 0 Å². The van der Waals surface area contributed by atoms with Crippen LogP contribution < -0.4 is 0 Å². The van der Waals surface area contributed by atoms with Crippen LogP contribution in [-0.2, 0) is 0 Å². The van der Waals surface area contributed by atoms with E-state index in [2.05, 4.69) is 63.9 Å². The van der Waals surface area contributed by atoms with Gasteiger partial charge in [-0.2, -0.15) is 0 Å². The molecule has 1 aliphatic rings. The van der Waals surface area contributed by atoms with Gasteiger partial charge in [-0.15, -0.1) is 0 Å². The number of benzene rings is 1. The first kappa shape index (κ1) is 15.1. The summed E-state index contributed by atoms with van der Waals surface area (Å²) >= 11 is 4.51. The number of nitrogens with zero attached hydrogens (tertiary/aromatic N) is 1. The second kappa shape index (κ2) is 6.94. The molecule has 0 aliphatic carbocycles. The average Bonchev–Trinajstić information content (AvgIpc) is 2.71. The Bertz CT molecular complexity index is 448. The van der Waals surface area contributed by atoms with Gasteiger partial charge in [-0.3, -0.25) is 0 Å². The fourth-order valence-electron chi connectivity index (χ4n) is 1.58. The van der Waals surface area contributed by atoms with E-state index in [1.165, 1.54) is 15.4 Å². The summed E-state index contributed by atoms with van der Waals surface area (Å²) in [4.78, 5) is 5.21. The molecule has 0 fully saturated rings. The van der Waals surface area contributed by atoms with Crippen LogP contribution in [0.5, 0.6) is 0 Å². The molecule has 0 amide bonds. The molecule has 0 saturated heterocycles. The van der Waals surface area contributed by atoms with E-state index < -0.39 is 11.2 Å². The third kappa shape index (κ3) is 3.63. The molecule has 0 N–H and O–H groups in total. The van der Waals surface area contributed by atoms with Crippen molar-refractivity contribution in [2.24, 2.45) is 0 Å². The van der Waals surface area contributed by atoms with Crippen LogP contribution >= 0.6 is 42.3 Å². The molecule has 1 unspecified atom stereocenters. The van der Waals surface area contributed by atoms with Gasteiger partial charge in [-0.1, -0.05) is 0 Å². The van der Waals surface area contributed by atoms with Gasteiger partial charge in [0.25, 0.3) is 0 Å². The van der Waals surface area contributed by atoms with Gasteiger partial charge in [0.1, 0.15) is 0 Å². The van der Waals surface area contributed by atoms with E-state index in [0.29, 0.717) is 0 Å². The molecule has 0 bridgehead atoms. The second-order valence-electron chi connectivity index (χ2n) is 3.89. The molecular weight excluding hydrogens is 361 g/mol. The van der Waals surface area contributed by atoms with Gasteiger partial charge in [-0.05, 0) is 0 Å². The van der Waals surface area contributed by atoms with Gasteiger partial charge in [0.2, 0.25) is 0 Å². The van der Waals surface area contributed by atoms with Crippen LogP contribution in [0.1, 0.15) is 19.4 Å². The second-order valence-corrected chi connectivity index (χ2v) is 20.0. The summed E-state index contributed by atoms with van der Waals surface area (Å²) in [6.07, 6.45) is 0. The van der Waals surface area contributed by atoms with Crippen molar-refractivity contribution in [2.75, 3.05) is 13.1 Å². The molecule has 1 nitrogen and oxygen atoms in total. The third-order valence-electron chi connectivity index (χ3n) is 2.62. The Balaban J connectivity index is 1.97. The molecule has 1 atom stereocenters. The molecule has 0 aromatic heterocycles. The van der Waals surface area contributed by atoms with Crippen LogP contribution in [-0.4, -0.2) is 33.5 Å². The molecule has 98 valence electrons. The Hall–Kier alpha value is 0.718. The van der Waals surface area contributed by atoms with Crippen molar-refractivity contribution in [3.8, 4) is 0 Å². The number of fused-ring (bicyclic) bond motifs is 1. The fraction of sp³-hybridized carbons (Fsp3) is 0.417. The van der Waals surface area contributed by atoms with Crippen molar-refractivity contribution in [1.29, 1.82) is 0 Å². The zero-order valence-corrected chi connectivity index (χ0v) is 15.8. The number of hydrogen-bond donors (Lipinski definition) is 0. The zero-order chi connectivity index (χ0) is 13.1. The zero-order valence-electron chi connectivity index (χ0n) is 10.7. The van der Waals surface area contributed by atoms with E-state index in [-0.39, 0.29) is 0 Å². The van der Waals surface area contributed by atoms with E-state index in [1.807, 2.05) is 10.0 Å². The number of rotatable bonds is 3. The van der Waals surface area contributed by atoms with E-state index in [0.717, 1.165) is 17.4 Å². The van der Waals surface area contributed by atoms with E-state index in [9.17, 15) is 0 Å². The monoisotopic (exact) mass is 377 g/mol. The van der Waals surface area contributed by atoms with Crippen molar-refractivity contribution in [3.63, 3.8) is 0 Å². The molecule has 18 heavy (non-hydrogen) atoms. The molecule has 0 saturated carbocycles. The van der Waals surface area contributed by atoms with Gasteiger partial charge in [0.15, 0.2) is 0 Å². The summed E-state index contributed by atoms with van der Waals surface area (Å²) in [5, 5.41) is 0. The van der Waals surface area contributed by atoms with E-state index in [4.69, 9.17) is 12.2 Å². The Labute approximate surface area is 129 Å². The molecule has 1 aromatic rings. The minimum atomic E-state index is -1.04. The van der Waals surface area contributed by atoms with Crippen LogP contribution in [0.15, 0.2) is 28.0 Å². The predicted molar refractivity (Wildman–Crippen MR) is 91.8 cm³/mol. The van der Waals surface area contributed by atoms with Gasteiger partial charge < -0.3 is 0 Å². The maximum atomic E-state index is 5.55. The quantitative estimate of drug-likeness (QED) is 0.560.